The monoisotopic (exact) mass is 922 g/mol. The van der Waals surface area contributed by atoms with Crippen molar-refractivity contribution >= 4 is 66.3 Å². The van der Waals surface area contributed by atoms with Crippen molar-refractivity contribution in [2.24, 2.45) is 14.1 Å². The third-order valence-corrected chi connectivity index (χ3v) is 12.8. The molecular formula is C46H40F6N4O6S2. The first-order chi connectivity index (χ1) is 30.0. The Morgan fingerprint density at radius 1 is 0.547 bits per heavy atom. The number of rotatable bonds is 4. The van der Waals surface area contributed by atoms with Gasteiger partial charge in [-0.25, -0.2) is 16.8 Å². The van der Waals surface area contributed by atoms with Crippen LogP contribution in [0.5, 0.6) is 0 Å². The maximum Gasteiger partial charge on any atom is 0.485 e. The number of alkyl halides is 6. The van der Waals surface area contributed by atoms with Gasteiger partial charge in [0, 0.05) is 96.5 Å². The second kappa shape index (κ2) is 17.1. The molecule has 10 nitrogen and oxygen atoms in total. The molecule has 0 spiro atoms. The van der Waals surface area contributed by atoms with Gasteiger partial charge in [-0.3, -0.25) is 0 Å². The van der Waals surface area contributed by atoms with Crippen LogP contribution in [0.15, 0.2) is 97.1 Å². The van der Waals surface area contributed by atoms with Crippen molar-refractivity contribution in [3.8, 4) is 22.5 Å². The van der Waals surface area contributed by atoms with Crippen molar-refractivity contribution in [2.75, 3.05) is 0 Å². The van der Waals surface area contributed by atoms with Gasteiger partial charge in [-0.2, -0.15) is 35.5 Å². The van der Waals surface area contributed by atoms with E-state index in [0.29, 0.717) is 0 Å². The number of pyridine rings is 2. The van der Waals surface area contributed by atoms with E-state index >= 15 is 0 Å². The molecule has 0 saturated heterocycles. The van der Waals surface area contributed by atoms with E-state index in [1.165, 1.54) is 89.4 Å². The van der Waals surface area contributed by atoms with Crippen LogP contribution >= 0.6 is 0 Å². The molecule has 0 atom stereocenters. The highest BCUT2D eigenvalue weighted by molar-refractivity contribution is 7.86. The largest absolute Gasteiger partial charge is 0.741 e. The molecule has 0 unspecified atom stereocenters. The number of aryl methyl sites for hydroxylation is 2. The van der Waals surface area contributed by atoms with Gasteiger partial charge >= 0.3 is 11.0 Å². The molecule has 2 aliphatic rings. The standard InChI is InChI=1S/C44H40N4.2CHF3O3S/c1-29-30(2)38-24-26-48-34(20-22-36-28-32-12-6-8-16-40(32)46(36)4)14-10-18-42(48)44(38)43-37(29)23-25-47-33(13-9-17-41(43)47)19-21-35-27-31-11-5-7-15-39(31)45(35)3;2*2-1(3,4)8(5,6)7/h5-22,27-28H,23-26H2,1-4H3;2*(H,5,6,7)/q+2;;/p-2. The molecule has 18 heteroatoms. The molecule has 0 fully saturated rings. The van der Waals surface area contributed by atoms with Crippen LogP contribution in [-0.2, 0) is 60.3 Å². The average Bonchev–Trinajstić information content (AvgIpc) is 3.74. The molecule has 0 saturated carbocycles. The van der Waals surface area contributed by atoms with Gasteiger partial charge in [-0.1, -0.05) is 36.4 Å². The zero-order valence-electron chi connectivity index (χ0n) is 34.7. The molecule has 0 radical (unpaired) electrons. The molecule has 2 aliphatic heterocycles. The average molecular weight is 923 g/mol. The first-order valence-electron chi connectivity index (χ1n) is 19.7. The maximum atomic E-state index is 10.7. The van der Waals surface area contributed by atoms with Gasteiger partial charge in [0.25, 0.3) is 0 Å². The lowest BCUT2D eigenvalue weighted by molar-refractivity contribution is -0.691. The van der Waals surface area contributed by atoms with Crippen molar-refractivity contribution in [3.05, 3.63) is 142 Å². The number of aromatic nitrogens is 4. The van der Waals surface area contributed by atoms with Crippen molar-refractivity contribution in [1.82, 2.24) is 9.13 Å². The number of fused-ring (bicyclic) bond motifs is 9. The summed E-state index contributed by atoms with van der Waals surface area (Å²) in [4.78, 5) is 0. The molecule has 0 bridgehead atoms. The molecule has 0 N–H and O–H groups in total. The Hall–Kier alpha value is -6.08. The minimum atomic E-state index is -6.09. The van der Waals surface area contributed by atoms with Crippen LogP contribution in [0.4, 0.5) is 26.3 Å². The molecule has 0 amide bonds. The number of hydrogen-bond acceptors (Lipinski definition) is 6. The predicted molar refractivity (Wildman–Crippen MR) is 230 cm³/mol. The number of para-hydroxylation sites is 2. The lowest BCUT2D eigenvalue weighted by Crippen LogP contribution is -2.46. The van der Waals surface area contributed by atoms with E-state index in [2.05, 4.69) is 168 Å². The SMILES string of the molecule is Cc1c(C)c2c(c3c1CC[n+]1c(/C=C/c4cc5ccccc5n4C)cccc1-3)-c1cccc(/C=C/c3cc4ccccc4n3C)[n+]1CC2.O=S(=O)([O-])C(F)(F)F.O=S(=O)([O-])C(F)(F)F. The van der Waals surface area contributed by atoms with Crippen molar-refractivity contribution in [1.29, 1.82) is 0 Å². The van der Waals surface area contributed by atoms with Gasteiger partial charge in [0.1, 0.15) is 0 Å². The van der Waals surface area contributed by atoms with Crippen LogP contribution in [0.3, 0.4) is 0 Å². The summed E-state index contributed by atoms with van der Waals surface area (Å²) in [6, 6.07) is 35.5. The van der Waals surface area contributed by atoms with Gasteiger partial charge in [-0.05, 0) is 84.7 Å². The highest BCUT2D eigenvalue weighted by Gasteiger charge is 2.39. The van der Waals surface area contributed by atoms with Crippen LogP contribution in [0, 0.1) is 13.8 Å². The minimum Gasteiger partial charge on any atom is -0.741 e. The molecule has 64 heavy (non-hydrogen) atoms. The molecule has 9 rings (SSSR count). The summed E-state index contributed by atoms with van der Waals surface area (Å²) in [7, 11) is -7.87. The number of hydrogen-bond donors (Lipinski definition) is 0. The third-order valence-electron chi connectivity index (χ3n) is 11.6. The first kappa shape index (κ1) is 45.9. The van der Waals surface area contributed by atoms with Gasteiger partial charge in [0.05, 0.1) is 11.1 Å². The first-order valence-corrected chi connectivity index (χ1v) is 22.5. The second-order valence-corrected chi connectivity index (χ2v) is 18.0. The summed E-state index contributed by atoms with van der Waals surface area (Å²) in [5.74, 6) is 0. The van der Waals surface area contributed by atoms with Crippen molar-refractivity contribution < 1.29 is 61.4 Å². The quantitative estimate of drug-likeness (QED) is 0.0751. The van der Waals surface area contributed by atoms with Crippen molar-refractivity contribution in [3.63, 3.8) is 0 Å². The Labute approximate surface area is 365 Å². The summed E-state index contributed by atoms with van der Waals surface area (Å²) in [5, 5.41) is 2.55. The highest BCUT2D eigenvalue weighted by Crippen LogP contribution is 2.43. The normalized spacial score (nSPS) is 13.8. The van der Waals surface area contributed by atoms with E-state index < -0.39 is 31.3 Å². The zero-order chi connectivity index (χ0) is 46.5. The number of benzene rings is 3. The fourth-order valence-electron chi connectivity index (χ4n) is 8.39. The smallest absolute Gasteiger partial charge is 0.485 e. The number of nitrogens with zero attached hydrogens (tertiary/aromatic N) is 4. The maximum absolute atomic E-state index is 10.7. The van der Waals surface area contributed by atoms with E-state index in [1.807, 2.05) is 0 Å². The molecule has 7 aromatic rings. The molecule has 4 aromatic heterocycles. The van der Waals surface area contributed by atoms with Gasteiger partial charge in [-0.15, -0.1) is 0 Å². The van der Waals surface area contributed by atoms with E-state index in [0.717, 1.165) is 25.9 Å². The summed E-state index contributed by atoms with van der Waals surface area (Å²) in [6.45, 7) is 6.65. The summed E-state index contributed by atoms with van der Waals surface area (Å²) >= 11 is 0. The topological polar surface area (TPSA) is 132 Å². The Morgan fingerprint density at radius 3 is 1.22 bits per heavy atom. The van der Waals surface area contributed by atoms with E-state index in [-0.39, 0.29) is 0 Å². The lowest BCUT2D eigenvalue weighted by atomic mass is 9.79. The van der Waals surface area contributed by atoms with Crippen LogP contribution in [0.1, 0.15) is 45.0 Å². The Morgan fingerprint density at radius 2 is 0.891 bits per heavy atom. The Bertz CT molecular complexity index is 3040. The van der Waals surface area contributed by atoms with Gasteiger partial charge in [0.15, 0.2) is 33.3 Å². The molecular weight excluding hydrogens is 883 g/mol. The summed E-state index contributed by atoms with van der Waals surface area (Å²) < 4.78 is 127. The Balaban J connectivity index is 0.000000328. The zero-order valence-corrected chi connectivity index (χ0v) is 36.3. The minimum absolute atomic E-state index is 0.977. The highest BCUT2D eigenvalue weighted by atomic mass is 32.2. The van der Waals surface area contributed by atoms with Crippen LogP contribution in [-0.4, -0.2) is 46.1 Å². The molecule has 6 heterocycles. The number of halogens is 6. The van der Waals surface area contributed by atoms with Crippen LogP contribution in [0.2, 0.25) is 0 Å². The fraction of sp³-hybridized carbons (Fsp3) is 0.217. The van der Waals surface area contributed by atoms with Crippen LogP contribution in [0.25, 0.3) is 68.6 Å². The van der Waals surface area contributed by atoms with E-state index in [1.54, 1.807) is 0 Å². The van der Waals surface area contributed by atoms with E-state index in [4.69, 9.17) is 25.9 Å². The van der Waals surface area contributed by atoms with Crippen molar-refractivity contribution in [2.45, 2.75) is 50.8 Å². The van der Waals surface area contributed by atoms with Gasteiger partial charge in [0.2, 0.25) is 22.8 Å². The third kappa shape index (κ3) is 8.87. The predicted octanol–water partition coefficient (Wildman–Crippen LogP) is 8.75. The summed E-state index contributed by atoms with van der Waals surface area (Å²) in [5.41, 5.74) is 7.55. The Kier molecular flexibility index (Phi) is 12.3. The lowest BCUT2D eigenvalue weighted by Gasteiger charge is -2.27. The molecule has 3 aromatic carbocycles. The van der Waals surface area contributed by atoms with Gasteiger partial charge < -0.3 is 18.2 Å². The fourth-order valence-corrected chi connectivity index (χ4v) is 8.39. The molecule has 0 aliphatic carbocycles. The summed E-state index contributed by atoms with van der Waals surface area (Å²) in [6.07, 6.45) is 11.2. The van der Waals surface area contributed by atoms with Crippen LogP contribution < -0.4 is 9.13 Å². The van der Waals surface area contributed by atoms with E-state index in [9.17, 15) is 26.3 Å². The molecule has 334 valence electrons. The second-order valence-electron chi connectivity index (χ2n) is 15.3.